The third-order valence-corrected chi connectivity index (χ3v) is 8.35. The van der Waals surface area contributed by atoms with Crippen molar-refractivity contribution in [2.75, 3.05) is 19.5 Å². The Kier molecular flexibility index (Phi) is 8.29. The Morgan fingerprint density at radius 1 is 1.00 bits per heavy atom. The van der Waals surface area contributed by atoms with E-state index in [2.05, 4.69) is 35.1 Å². The highest BCUT2D eigenvalue weighted by Crippen LogP contribution is 2.40. The average Bonchev–Trinajstić information content (AvgIpc) is 3.16. The van der Waals surface area contributed by atoms with Gasteiger partial charge in [-0.15, -0.1) is 11.3 Å². The number of hydrogen-bond acceptors (Lipinski definition) is 5. The maximum atomic E-state index is 13.6. The van der Waals surface area contributed by atoms with Crippen LogP contribution in [0.5, 0.6) is 11.5 Å². The average molecular weight is 556 g/mol. The minimum absolute atomic E-state index is 0.0927. The van der Waals surface area contributed by atoms with Crippen molar-refractivity contribution in [1.82, 2.24) is 0 Å². The highest BCUT2D eigenvalue weighted by Gasteiger charge is 2.24. The zero-order valence-electron chi connectivity index (χ0n) is 20.7. The molecule has 0 fully saturated rings. The molecule has 4 rings (SSSR count). The molecule has 1 aliphatic carbocycles. The van der Waals surface area contributed by atoms with E-state index in [1.165, 1.54) is 23.3 Å². The largest absolute Gasteiger partial charge is 0.493 e. The van der Waals surface area contributed by atoms with Crippen LogP contribution in [-0.2, 0) is 12.8 Å². The Morgan fingerprint density at radius 2 is 1.71 bits per heavy atom. The highest BCUT2D eigenvalue weighted by molar-refractivity contribution is 9.10. The number of anilines is 1. The third kappa shape index (κ3) is 5.78. The van der Waals surface area contributed by atoms with E-state index in [9.17, 15) is 4.79 Å². The topological polar surface area (TPSA) is 59.9 Å². The number of nitrogens with one attached hydrogen (secondary N) is 1. The maximum absolute atomic E-state index is 13.6. The molecular weight excluding hydrogens is 524 g/mol. The van der Waals surface area contributed by atoms with Crippen molar-refractivity contribution in [1.29, 1.82) is 0 Å². The standard InChI is InChI=1S/C28H31BrN2O3S/c1-17-11-12-20(13-18(17)2)31-27(32)26-21-9-7-5-6-8-10-25(21)35-28(26)30-16-19-14-23(33-3)24(34-4)15-22(19)29/h11-16H,5-10H2,1-4H3,(H,31,32). The van der Waals surface area contributed by atoms with Crippen LogP contribution in [0.4, 0.5) is 10.7 Å². The molecule has 7 heteroatoms. The lowest BCUT2D eigenvalue weighted by Gasteiger charge is -2.12. The van der Waals surface area contributed by atoms with Crippen LogP contribution in [0.2, 0.25) is 0 Å². The van der Waals surface area contributed by atoms with Gasteiger partial charge in [0.2, 0.25) is 0 Å². The molecule has 1 heterocycles. The lowest BCUT2D eigenvalue weighted by Crippen LogP contribution is -2.14. The molecule has 3 aromatic rings. The van der Waals surface area contributed by atoms with Crippen molar-refractivity contribution in [3.8, 4) is 11.5 Å². The number of nitrogens with zero attached hydrogens (tertiary/aromatic N) is 1. The van der Waals surface area contributed by atoms with E-state index in [-0.39, 0.29) is 5.91 Å². The summed E-state index contributed by atoms with van der Waals surface area (Å²) in [6.45, 7) is 4.13. The summed E-state index contributed by atoms with van der Waals surface area (Å²) in [4.78, 5) is 19.7. The number of aliphatic imine (C=N–C) groups is 1. The summed E-state index contributed by atoms with van der Waals surface area (Å²) in [6.07, 6.45) is 8.38. The Labute approximate surface area is 219 Å². The Hall–Kier alpha value is -2.64. The first-order valence-electron chi connectivity index (χ1n) is 11.9. The predicted octanol–water partition coefficient (Wildman–Crippen LogP) is 7.81. The first-order valence-corrected chi connectivity index (χ1v) is 13.5. The number of carbonyl (C=O) groups is 1. The Bertz CT molecular complexity index is 1270. The second kappa shape index (κ2) is 11.4. The van der Waals surface area contributed by atoms with Crippen molar-refractivity contribution in [3.05, 3.63) is 67.5 Å². The van der Waals surface area contributed by atoms with Crippen molar-refractivity contribution in [2.45, 2.75) is 52.4 Å². The normalized spacial score (nSPS) is 13.7. The van der Waals surface area contributed by atoms with Gasteiger partial charge in [-0.1, -0.05) is 18.9 Å². The molecule has 0 atom stereocenters. The lowest BCUT2D eigenvalue weighted by molar-refractivity contribution is 0.102. The SMILES string of the molecule is COc1cc(Br)c(C=Nc2sc3c(c2C(=O)Nc2ccc(C)c(C)c2)CCCCCC3)cc1OC. The monoisotopic (exact) mass is 554 g/mol. The number of ether oxygens (including phenoxy) is 2. The third-order valence-electron chi connectivity index (χ3n) is 6.47. The summed E-state index contributed by atoms with van der Waals surface area (Å²) >= 11 is 5.25. The van der Waals surface area contributed by atoms with Crippen molar-refractivity contribution in [3.63, 3.8) is 0 Å². The molecular formula is C28H31BrN2O3S. The number of halogens is 1. The summed E-state index contributed by atoms with van der Waals surface area (Å²) in [7, 11) is 3.22. The van der Waals surface area contributed by atoms with Gasteiger partial charge < -0.3 is 14.8 Å². The van der Waals surface area contributed by atoms with E-state index < -0.39 is 0 Å². The van der Waals surface area contributed by atoms with Gasteiger partial charge in [0.15, 0.2) is 11.5 Å². The van der Waals surface area contributed by atoms with Gasteiger partial charge >= 0.3 is 0 Å². The molecule has 0 unspecified atom stereocenters. The van der Waals surface area contributed by atoms with Gasteiger partial charge in [0.25, 0.3) is 5.91 Å². The molecule has 184 valence electrons. The zero-order valence-corrected chi connectivity index (χ0v) is 23.1. The second-order valence-corrected chi connectivity index (χ2v) is 10.8. The summed E-state index contributed by atoms with van der Waals surface area (Å²) in [6, 6.07) is 9.76. The lowest BCUT2D eigenvalue weighted by atomic mass is 9.96. The van der Waals surface area contributed by atoms with E-state index in [4.69, 9.17) is 14.5 Å². The molecule has 1 amide bonds. The Balaban J connectivity index is 1.73. The van der Waals surface area contributed by atoms with Gasteiger partial charge in [0.05, 0.1) is 19.8 Å². The molecule has 5 nitrogen and oxygen atoms in total. The summed E-state index contributed by atoms with van der Waals surface area (Å²) in [5.74, 6) is 1.18. The number of rotatable bonds is 6. The quantitative estimate of drug-likeness (QED) is 0.316. The highest BCUT2D eigenvalue weighted by atomic mass is 79.9. The van der Waals surface area contributed by atoms with Crippen molar-refractivity contribution < 1.29 is 14.3 Å². The van der Waals surface area contributed by atoms with Crippen LogP contribution >= 0.6 is 27.3 Å². The smallest absolute Gasteiger partial charge is 0.259 e. The second-order valence-electron chi connectivity index (χ2n) is 8.84. The van der Waals surface area contributed by atoms with Gasteiger partial charge in [-0.25, -0.2) is 4.99 Å². The fourth-order valence-corrected chi connectivity index (χ4v) is 6.00. The van der Waals surface area contributed by atoms with Gasteiger partial charge in [0, 0.05) is 26.8 Å². The van der Waals surface area contributed by atoms with Crippen LogP contribution in [0, 0.1) is 13.8 Å². The van der Waals surface area contributed by atoms with E-state index in [0.29, 0.717) is 17.1 Å². The minimum atomic E-state index is -0.0927. The molecule has 1 aromatic heterocycles. The summed E-state index contributed by atoms with van der Waals surface area (Å²) < 4.78 is 11.7. The van der Waals surface area contributed by atoms with E-state index in [1.807, 2.05) is 30.3 Å². The fraction of sp³-hybridized carbons (Fsp3) is 0.357. The number of hydrogen-bond donors (Lipinski definition) is 1. The molecule has 35 heavy (non-hydrogen) atoms. The summed E-state index contributed by atoms with van der Waals surface area (Å²) in [5, 5.41) is 3.88. The summed E-state index contributed by atoms with van der Waals surface area (Å²) in [5.41, 5.74) is 5.88. The van der Waals surface area contributed by atoms with Gasteiger partial charge in [-0.05, 0) is 96.4 Å². The van der Waals surface area contributed by atoms with E-state index in [1.54, 1.807) is 31.8 Å². The fourth-order valence-electron chi connectivity index (χ4n) is 4.34. The molecule has 0 saturated heterocycles. The molecule has 0 radical (unpaired) electrons. The van der Waals surface area contributed by atoms with E-state index >= 15 is 0 Å². The minimum Gasteiger partial charge on any atom is -0.493 e. The molecule has 0 bridgehead atoms. The number of carbonyl (C=O) groups excluding carboxylic acids is 1. The van der Waals surface area contributed by atoms with E-state index in [0.717, 1.165) is 57.5 Å². The number of methoxy groups -OCH3 is 2. The molecule has 0 spiro atoms. The number of thiophene rings is 1. The number of benzene rings is 2. The number of aryl methyl sites for hydroxylation is 3. The molecule has 0 saturated carbocycles. The number of amides is 1. The van der Waals surface area contributed by atoms with Crippen molar-refractivity contribution in [2.24, 2.45) is 4.99 Å². The van der Waals surface area contributed by atoms with Gasteiger partial charge in [-0.3, -0.25) is 4.79 Å². The van der Waals surface area contributed by atoms with Gasteiger partial charge in [0.1, 0.15) is 5.00 Å². The van der Waals surface area contributed by atoms with Crippen LogP contribution in [0.3, 0.4) is 0 Å². The van der Waals surface area contributed by atoms with Crippen LogP contribution in [0.25, 0.3) is 0 Å². The molecule has 0 aliphatic heterocycles. The first-order chi connectivity index (χ1) is 16.9. The van der Waals surface area contributed by atoms with Gasteiger partial charge in [-0.2, -0.15) is 0 Å². The molecule has 2 aromatic carbocycles. The van der Waals surface area contributed by atoms with Crippen LogP contribution < -0.4 is 14.8 Å². The predicted molar refractivity (Wildman–Crippen MR) is 149 cm³/mol. The Morgan fingerprint density at radius 3 is 2.43 bits per heavy atom. The maximum Gasteiger partial charge on any atom is 0.259 e. The van der Waals surface area contributed by atoms with Crippen LogP contribution in [0.15, 0.2) is 39.8 Å². The molecule has 1 aliphatic rings. The van der Waals surface area contributed by atoms with Crippen LogP contribution in [0.1, 0.15) is 63.2 Å². The molecule has 1 N–H and O–H groups in total. The first kappa shape index (κ1) is 25.5. The van der Waals surface area contributed by atoms with Crippen molar-refractivity contribution >= 4 is 50.1 Å². The zero-order chi connectivity index (χ0) is 24.9. The van der Waals surface area contributed by atoms with Crippen LogP contribution in [-0.4, -0.2) is 26.3 Å². The number of fused-ring (bicyclic) bond motifs is 1.